The van der Waals surface area contributed by atoms with Crippen molar-refractivity contribution >= 4 is 23.1 Å². The summed E-state index contributed by atoms with van der Waals surface area (Å²) in [5, 5.41) is 3.56. The second-order valence-corrected chi connectivity index (χ2v) is 6.89. The number of halogens is 1. The molecule has 0 radical (unpaired) electrons. The number of hydrogen-bond donors (Lipinski definition) is 1. The highest BCUT2D eigenvalue weighted by molar-refractivity contribution is 6.30. The van der Waals surface area contributed by atoms with Crippen LogP contribution in [0.5, 0.6) is 0 Å². The number of carbonyl (C=O) groups is 1. The molecular weight excluding hydrogens is 288 g/mol. The van der Waals surface area contributed by atoms with Gasteiger partial charge in [-0.2, -0.15) is 0 Å². The summed E-state index contributed by atoms with van der Waals surface area (Å²) in [5.74, 6) is -0.132. The molecule has 1 aliphatic rings. The summed E-state index contributed by atoms with van der Waals surface area (Å²) in [6.07, 6.45) is 1.59. The number of hydrogen-bond acceptors (Lipinski definition) is 2. The van der Waals surface area contributed by atoms with Crippen LogP contribution in [-0.2, 0) is 9.53 Å². The smallest absolute Gasteiger partial charge is 0.246 e. The summed E-state index contributed by atoms with van der Waals surface area (Å²) in [6, 6.07) is 7.42. The Morgan fingerprint density at radius 2 is 1.86 bits per heavy atom. The van der Waals surface area contributed by atoms with Crippen molar-refractivity contribution in [2.45, 2.75) is 12.6 Å². The van der Waals surface area contributed by atoms with Crippen molar-refractivity contribution in [2.24, 2.45) is 0 Å². The number of benzene rings is 1. The van der Waals surface area contributed by atoms with E-state index >= 15 is 0 Å². The molecule has 21 heavy (non-hydrogen) atoms. The third-order valence-corrected chi connectivity index (χ3v) is 3.71. The van der Waals surface area contributed by atoms with Crippen LogP contribution in [0.25, 0.3) is 5.57 Å². The van der Waals surface area contributed by atoms with Gasteiger partial charge in [0.05, 0.1) is 27.7 Å². The lowest BCUT2D eigenvalue weighted by Gasteiger charge is -2.31. The van der Waals surface area contributed by atoms with E-state index in [9.17, 15) is 4.79 Å². The lowest BCUT2D eigenvalue weighted by molar-refractivity contribution is -0.870. The fraction of sp³-hybridized carbons (Fsp3) is 0.438. The number of amides is 1. The quantitative estimate of drug-likeness (QED) is 0.848. The standard InChI is InChI=1S/C16H21ClN2O2/c1-16(21-10-9-19(2,3)4)14(11-15(20)18-16)12-5-7-13(17)8-6-12/h5-8,11H,9-10H2,1-4H3/p+1. The molecular formula is C16H22ClN2O2+. The van der Waals surface area contributed by atoms with Crippen molar-refractivity contribution in [1.29, 1.82) is 0 Å². The maximum absolute atomic E-state index is 11.8. The highest BCUT2D eigenvalue weighted by atomic mass is 35.5. The Kier molecular flexibility index (Phi) is 4.42. The predicted octanol–water partition coefficient (Wildman–Crippen LogP) is 2.29. The minimum atomic E-state index is -0.792. The van der Waals surface area contributed by atoms with Crippen molar-refractivity contribution in [3.8, 4) is 0 Å². The van der Waals surface area contributed by atoms with Gasteiger partial charge in [-0.1, -0.05) is 23.7 Å². The van der Waals surface area contributed by atoms with Gasteiger partial charge in [0, 0.05) is 16.7 Å². The normalized spacial score (nSPS) is 22.1. The van der Waals surface area contributed by atoms with Crippen LogP contribution in [0.1, 0.15) is 12.5 Å². The van der Waals surface area contributed by atoms with Gasteiger partial charge in [-0.15, -0.1) is 0 Å². The lowest BCUT2D eigenvalue weighted by atomic mass is 9.98. The number of carbonyl (C=O) groups excluding carboxylic acids is 1. The molecule has 0 bridgehead atoms. The van der Waals surface area contributed by atoms with Gasteiger partial charge >= 0.3 is 0 Å². The Balaban J connectivity index is 2.16. The Hall–Kier alpha value is -1.36. The summed E-state index contributed by atoms with van der Waals surface area (Å²) < 4.78 is 6.79. The first-order valence-corrected chi connectivity index (χ1v) is 7.32. The molecule has 0 fully saturated rings. The van der Waals surface area contributed by atoms with Crippen LogP contribution in [0.15, 0.2) is 30.3 Å². The number of rotatable bonds is 5. The van der Waals surface area contributed by atoms with Crippen LogP contribution < -0.4 is 5.32 Å². The summed E-state index contributed by atoms with van der Waals surface area (Å²) in [5.41, 5.74) is 0.983. The Labute approximate surface area is 130 Å². The molecule has 1 aliphatic heterocycles. The van der Waals surface area contributed by atoms with E-state index in [1.54, 1.807) is 6.08 Å². The van der Waals surface area contributed by atoms with Crippen LogP contribution >= 0.6 is 11.6 Å². The van der Waals surface area contributed by atoms with Gasteiger partial charge in [-0.05, 0) is 24.6 Å². The maximum Gasteiger partial charge on any atom is 0.246 e. The molecule has 0 saturated carbocycles. The molecule has 4 nitrogen and oxygen atoms in total. The minimum absolute atomic E-state index is 0.132. The van der Waals surface area contributed by atoms with Crippen molar-refractivity contribution in [1.82, 2.24) is 5.32 Å². The van der Waals surface area contributed by atoms with Crippen molar-refractivity contribution < 1.29 is 14.0 Å². The van der Waals surface area contributed by atoms with Crippen LogP contribution in [0.4, 0.5) is 0 Å². The monoisotopic (exact) mass is 309 g/mol. The van der Waals surface area contributed by atoms with Gasteiger partial charge in [0.2, 0.25) is 5.91 Å². The molecule has 5 heteroatoms. The lowest BCUT2D eigenvalue weighted by Crippen LogP contribution is -2.46. The second kappa shape index (κ2) is 5.79. The van der Waals surface area contributed by atoms with Gasteiger partial charge in [-0.25, -0.2) is 0 Å². The molecule has 0 saturated heterocycles. The number of nitrogens with one attached hydrogen (secondary N) is 1. The van der Waals surface area contributed by atoms with E-state index < -0.39 is 5.72 Å². The SMILES string of the molecule is CC1(OCC[N+](C)(C)C)NC(=O)C=C1c1ccc(Cl)cc1. The third-order valence-electron chi connectivity index (χ3n) is 3.46. The highest BCUT2D eigenvalue weighted by Crippen LogP contribution is 2.32. The molecule has 2 rings (SSSR count). The fourth-order valence-electron chi connectivity index (χ4n) is 2.23. The number of likely N-dealkylation sites (N-methyl/N-ethyl adjacent to an activating group) is 1. The van der Waals surface area contributed by atoms with E-state index in [1.807, 2.05) is 31.2 Å². The molecule has 1 unspecified atom stereocenters. The van der Waals surface area contributed by atoms with Gasteiger partial charge < -0.3 is 14.5 Å². The zero-order valence-corrected chi connectivity index (χ0v) is 13.7. The first-order chi connectivity index (χ1) is 9.70. The molecule has 114 valence electrons. The highest BCUT2D eigenvalue weighted by Gasteiger charge is 2.38. The topological polar surface area (TPSA) is 38.3 Å². The maximum atomic E-state index is 11.8. The van der Waals surface area contributed by atoms with Gasteiger partial charge in [0.1, 0.15) is 6.54 Å². The van der Waals surface area contributed by atoms with Crippen molar-refractivity contribution in [2.75, 3.05) is 34.3 Å². The molecule has 0 spiro atoms. The first-order valence-electron chi connectivity index (χ1n) is 6.94. The molecule has 1 amide bonds. The van der Waals surface area contributed by atoms with E-state index in [0.29, 0.717) is 11.6 Å². The van der Waals surface area contributed by atoms with Gasteiger partial charge in [0.25, 0.3) is 0 Å². The zero-order chi connectivity index (χ0) is 15.7. The molecule has 1 atom stereocenters. The van der Waals surface area contributed by atoms with Crippen molar-refractivity contribution in [3.63, 3.8) is 0 Å². The molecule has 1 heterocycles. The second-order valence-electron chi connectivity index (χ2n) is 6.45. The third kappa shape index (κ3) is 4.06. The number of nitrogens with zero attached hydrogens (tertiary/aromatic N) is 1. The summed E-state index contributed by atoms with van der Waals surface area (Å²) in [6.45, 7) is 3.30. The molecule has 1 aromatic carbocycles. The largest absolute Gasteiger partial charge is 0.346 e. The van der Waals surface area contributed by atoms with E-state index in [1.165, 1.54) is 0 Å². The number of ether oxygens (including phenoxy) is 1. The molecule has 0 aliphatic carbocycles. The van der Waals surface area contributed by atoms with E-state index in [-0.39, 0.29) is 5.91 Å². The Morgan fingerprint density at radius 3 is 2.43 bits per heavy atom. The molecule has 1 aromatic rings. The molecule has 1 N–H and O–H groups in total. The van der Waals surface area contributed by atoms with E-state index in [2.05, 4.69) is 26.5 Å². The predicted molar refractivity (Wildman–Crippen MR) is 84.8 cm³/mol. The Morgan fingerprint density at radius 1 is 1.24 bits per heavy atom. The van der Waals surface area contributed by atoms with E-state index in [0.717, 1.165) is 22.2 Å². The van der Waals surface area contributed by atoms with Gasteiger partial charge in [0.15, 0.2) is 5.72 Å². The Bertz CT molecular complexity index is 561. The fourth-order valence-corrected chi connectivity index (χ4v) is 2.36. The van der Waals surface area contributed by atoms with Crippen LogP contribution in [0.2, 0.25) is 5.02 Å². The van der Waals surface area contributed by atoms with Crippen LogP contribution in [0, 0.1) is 0 Å². The first kappa shape index (κ1) is 16.0. The van der Waals surface area contributed by atoms with E-state index in [4.69, 9.17) is 16.3 Å². The van der Waals surface area contributed by atoms with Crippen LogP contribution in [-0.4, -0.2) is 50.4 Å². The van der Waals surface area contributed by atoms with Crippen molar-refractivity contribution in [3.05, 3.63) is 40.9 Å². The van der Waals surface area contributed by atoms with Crippen LogP contribution in [0.3, 0.4) is 0 Å². The number of quaternary nitrogens is 1. The summed E-state index contributed by atoms with van der Waals surface area (Å²) in [4.78, 5) is 11.8. The van der Waals surface area contributed by atoms with Gasteiger partial charge in [-0.3, -0.25) is 4.79 Å². The summed E-state index contributed by atoms with van der Waals surface area (Å²) in [7, 11) is 6.32. The summed E-state index contributed by atoms with van der Waals surface area (Å²) >= 11 is 5.92. The average molecular weight is 310 g/mol. The zero-order valence-electron chi connectivity index (χ0n) is 12.9. The molecule has 0 aromatic heterocycles. The average Bonchev–Trinajstić information content (AvgIpc) is 2.64. The minimum Gasteiger partial charge on any atom is -0.346 e.